The van der Waals surface area contributed by atoms with Gasteiger partial charge >= 0.3 is 7.12 Å². The van der Waals surface area contributed by atoms with E-state index in [1.54, 1.807) is 0 Å². The van der Waals surface area contributed by atoms with E-state index in [0.717, 1.165) is 43.6 Å². The molecule has 41 heavy (non-hydrogen) atoms. The van der Waals surface area contributed by atoms with Crippen molar-refractivity contribution in [1.29, 1.82) is 0 Å². The maximum atomic E-state index is 6.45. The van der Waals surface area contributed by atoms with Gasteiger partial charge in [-0.15, -0.1) is 0 Å². The van der Waals surface area contributed by atoms with Crippen LogP contribution in [0.1, 0.15) is 27.7 Å². The fourth-order valence-corrected chi connectivity index (χ4v) is 5.90. The lowest BCUT2D eigenvalue weighted by molar-refractivity contribution is 0.00578. The zero-order valence-corrected chi connectivity index (χ0v) is 23.4. The van der Waals surface area contributed by atoms with E-state index in [1.807, 2.05) is 52.0 Å². The van der Waals surface area contributed by atoms with Crippen LogP contribution in [-0.2, 0) is 9.31 Å². The highest BCUT2D eigenvalue weighted by Gasteiger charge is 2.53. The molecule has 1 aliphatic heterocycles. The molecule has 8 heteroatoms. The molecule has 0 unspecified atom stereocenters. The molecule has 1 aliphatic rings. The minimum absolute atomic E-state index is 0.437. The Hall–Kier alpha value is -4.53. The molecule has 0 N–H and O–H groups in total. The summed E-state index contributed by atoms with van der Waals surface area (Å²) in [5, 5.41) is 4.55. The average molecular weight is 537 g/mol. The Morgan fingerprint density at radius 1 is 0.488 bits per heavy atom. The van der Waals surface area contributed by atoms with Crippen LogP contribution in [0.4, 0.5) is 0 Å². The van der Waals surface area contributed by atoms with Crippen molar-refractivity contribution in [2.75, 3.05) is 0 Å². The Bertz CT molecular complexity index is 1890. The Morgan fingerprint density at radius 2 is 0.805 bits per heavy atom. The first-order chi connectivity index (χ1) is 19.8. The number of benzene rings is 4. The first-order valence-electron chi connectivity index (χ1n) is 13.9. The van der Waals surface area contributed by atoms with Gasteiger partial charge < -0.3 is 9.31 Å². The second-order valence-electron chi connectivity index (χ2n) is 11.6. The van der Waals surface area contributed by atoms with Gasteiger partial charge in [0, 0.05) is 21.5 Å². The smallest absolute Gasteiger partial charge is 0.397 e. The lowest BCUT2D eigenvalue weighted by Gasteiger charge is -2.32. The predicted molar refractivity (Wildman–Crippen MR) is 164 cm³/mol. The van der Waals surface area contributed by atoms with Gasteiger partial charge in [0.15, 0.2) is 5.72 Å². The minimum Gasteiger partial charge on any atom is -0.397 e. The molecule has 3 aromatic heterocycles. The third kappa shape index (κ3) is 3.51. The van der Waals surface area contributed by atoms with Crippen LogP contribution in [-0.4, -0.2) is 42.4 Å². The van der Waals surface area contributed by atoms with E-state index in [0.29, 0.717) is 17.6 Å². The molecule has 4 aromatic carbocycles. The highest BCUT2D eigenvalue weighted by Crippen LogP contribution is 2.37. The van der Waals surface area contributed by atoms with Crippen LogP contribution in [0.3, 0.4) is 0 Å². The molecule has 7 nitrogen and oxygen atoms in total. The van der Waals surface area contributed by atoms with E-state index in [2.05, 4.69) is 81.9 Å². The summed E-state index contributed by atoms with van der Waals surface area (Å²) >= 11 is 0. The molecule has 4 heterocycles. The first-order valence-corrected chi connectivity index (χ1v) is 13.9. The first kappa shape index (κ1) is 24.3. The van der Waals surface area contributed by atoms with Gasteiger partial charge in [-0.05, 0) is 52.0 Å². The van der Waals surface area contributed by atoms with E-state index in [-0.39, 0.29) is 0 Å². The second kappa shape index (κ2) is 8.49. The molecule has 0 aliphatic carbocycles. The summed E-state index contributed by atoms with van der Waals surface area (Å²) in [6, 6.07) is 33.4. The molecule has 0 saturated carbocycles. The lowest BCUT2D eigenvalue weighted by atomic mass is 9.89. The largest absolute Gasteiger partial charge is 0.535 e. The van der Waals surface area contributed by atoms with E-state index in [4.69, 9.17) is 24.3 Å². The standard InChI is InChI=1S/C33H28BN5O2/c1-32(2)33(3,4)41-34(40-32)29-35-30(38-25-17-9-5-13-21(25)22-14-6-10-18-26(22)38)37-31(36-29)39-27-19-11-7-15-23(27)24-16-8-12-20-28(24)39/h5-20H,1-4H3. The average Bonchev–Trinajstić information content (AvgIpc) is 3.57. The Kier molecular flexibility index (Phi) is 5.03. The van der Waals surface area contributed by atoms with Gasteiger partial charge in [0.25, 0.3) is 0 Å². The fraction of sp³-hybridized carbons (Fsp3) is 0.182. The van der Waals surface area contributed by atoms with Crippen molar-refractivity contribution in [1.82, 2.24) is 24.1 Å². The molecule has 1 saturated heterocycles. The van der Waals surface area contributed by atoms with Crippen LogP contribution in [0.2, 0.25) is 0 Å². The van der Waals surface area contributed by atoms with Crippen LogP contribution in [0.25, 0.3) is 55.5 Å². The number of aromatic nitrogens is 5. The van der Waals surface area contributed by atoms with Gasteiger partial charge in [-0.2, -0.15) is 4.98 Å². The summed E-state index contributed by atoms with van der Waals surface area (Å²) in [7, 11) is -0.748. The van der Waals surface area contributed by atoms with Gasteiger partial charge in [-0.25, -0.2) is 9.97 Å². The highest BCUT2D eigenvalue weighted by atomic mass is 16.7. The lowest BCUT2D eigenvalue weighted by Crippen LogP contribution is -2.41. The second-order valence-corrected chi connectivity index (χ2v) is 11.6. The Morgan fingerprint density at radius 3 is 1.15 bits per heavy atom. The van der Waals surface area contributed by atoms with Crippen molar-refractivity contribution in [3.05, 3.63) is 97.1 Å². The number of para-hydroxylation sites is 4. The Balaban J connectivity index is 1.46. The van der Waals surface area contributed by atoms with Gasteiger partial charge in [0.1, 0.15) is 0 Å². The van der Waals surface area contributed by atoms with Crippen molar-refractivity contribution in [2.24, 2.45) is 0 Å². The number of nitrogens with zero attached hydrogens (tertiary/aromatic N) is 5. The summed E-state index contributed by atoms with van der Waals surface area (Å²) in [5.41, 5.74) is 3.45. The summed E-state index contributed by atoms with van der Waals surface area (Å²) in [6.45, 7) is 8.15. The SMILES string of the molecule is CC1(C)OB(c2nc(-n3c4ccccc4c4ccccc43)nc(-n3c4ccccc4c4ccccc43)n2)OC1(C)C. The molecule has 1 fully saturated rings. The van der Waals surface area contributed by atoms with Crippen molar-refractivity contribution in [3.8, 4) is 11.9 Å². The molecular weight excluding hydrogens is 509 g/mol. The number of rotatable bonds is 3. The van der Waals surface area contributed by atoms with Crippen LogP contribution < -0.4 is 5.72 Å². The van der Waals surface area contributed by atoms with E-state index >= 15 is 0 Å². The zero-order valence-electron chi connectivity index (χ0n) is 23.4. The fourth-order valence-electron chi connectivity index (χ4n) is 5.90. The normalized spacial score (nSPS) is 16.4. The predicted octanol–water partition coefficient (Wildman–Crippen LogP) is 6.37. The molecule has 0 atom stereocenters. The zero-order chi connectivity index (χ0) is 27.9. The van der Waals surface area contributed by atoms with Crippen LogP contribution in [0.15, 0.2) is 97.1 Å². The molecule has 0 radical (unpaired) electrons. The van der Waals surface area contributed by atoms with E-state index in [9.17, 15) is 0 Å². The molecule has 8 rings (SSSR count). The molecule has 200 valence electrons. The van der Waals surface area contributed by atoms with Crippen molar-refractivity contribution >= 4 is 56.5 Å². The van der Waals surface area contributed by atoms with Crippen LogP contribution >= 0.6 is 0 Å². The molecule has 0 amide bonds. The van der Waals surface area contributed by atoms with Crippen LogP contribution in [0.5, 0.6) is 0 Å². The van der Waals surface area contributed by atoms with Gasteiger partial charge in [0.2, 0.25) is 11.9 Å². The highest BCUT2D eigenvalue weighted by molar-refractivity contribution is 6.60. The summed E-state index contributed by atoms with van der Waals surface area (Å²) in [6.07, 6.45) is 0. The monoisotopic (exact) mass is 537 g/mol. The van der Waals surface area contributed by atoms with Crippen molar-refractivity contribution in [3.63, 3.8) is 0 Å². The molecule has 7 aromatic rings. The Labute approximate surface area is 237 Å². The molecular formula is C33H28BN5O2. The quantitative estimate of drug-likeness (QED) is 0.245. The number of fused-ring (bicyclic) bond motifs is 6. The molecule has 0 spiro atoms. The topological polar surface area (TPSA) is 67.0 Å². The van der Waals surface area contributed by atoms with Crippen LogP contribution in [0, 0.1) is 0 Å². The number of hydrogen-bond donors (Lipinski definition) is 0. The minimum atomic E-state index is -0.748. The number of hydrogen-bond acceptors (Lipinski definition) is 5. The third-order valence-electron chi connectivity index (χ3n) is 8.65. The van der Waals surface area contributed by atoms with Gasteiger partial charge in [-0.3, -0.25) is 9.13 Å². The van der Waals surface area contributed by atoms with E-state index in [1.165, 1.54) is 0 Å². The maximum Gasteiger partial charge on any atom is 0.535 e. The van der Waals surface area contributed by atoms with E-state index < -0.39 is 18.3 Å². The third-order valence-corrected chi connectivity index (χ3v) is 8.65. The summed E-state index contributed by atoms with van der Waals surface area (Å²) in [5.74, 6) is 1.03. The van der Waals surface area contributed by atoms with Gasteiger partial charge in [0.05, 0.1) is 33.3 Å². The van der Waals surface area contributed by atoms with Crippen molar-refractivity contribution < 1.29 is 9.31 Å². The molecule has 0 bridgehead atoms. The summed E-state index contributed by atoms with van der Waals surface area (Å²) < 4.78 is 17.1. The maximum absolute atomic E-state index is 6.45. The summed E-state index contributed by atoms with van der Waals surface area (Å²) in [4.78, 5) is 15.2. The van der Waals surface area contributed by atoms with Crippen molar-refractivity contribution in [2.45, 2.75) is 38.9 Å². The van der Waals surface area contributed by atoms with Gasteiger partial charge in [-0.1, -0.05) is 72.8 Å².